The molecule has 2 aromatic rings. The van der Waals surface area contributed by atoms with E-state index in [4.69, 9.17) is 9.68 Å². The zero-order valence-corrected chi connectivity index (χ0v) is 9.63. The fourth-order valence-corrected chi connectivity index (χ4v) is 1.58. The predicted molar refractivity (Wildman–Crippen MR) is 62.0 cm³/mol. The van der Waals surface area contributed by atoms with Crippen LogP contribution in [0.15, 0.2) is 35.3 Å². The maximum absolute atomic E-state index is 8.63. The highest BCUT2D eigenvalue weighted by Crippen LogP contribution is 2.06. The first-order valence-electron chi connectivity index (χ1n) is 5.46. The van der Waals surface area contributed by atoms with Crippen LogP contribution >= 0.6 is 0 Å². The molecule has 0 aliphatic carbocycles. The summed E-state index contributed by atoms with van der Waals surface area (Å²) < 4.78 is 7.29. The van der Waals surface area contributed by atoms with E-state index in [0.717, 1.165) is 12.3 Å². The number of rotatable bonds is 5. The van der Waals surface area contributed by atoms with Crippen LogP contribution in [0.1, 0.15) is 18.4 Å². The molecule has 88 valence electrons. The Labute approximate surface area is 99.7 Å². The van der Waals surface area contributed by atoms with Gasteiger partial charge in [-0.1, -0.05) is 0 Å². The molecule has 0 amide bonds. The van der Waals surface area contributed by atoms with Crippen LogP contribution in [0, 0.1) is 11.3 Å². The highest BCUT2D eigenvalue weighted by molar-refractivity contribution is 5.18. The van der Waals surface area contributed by atoms with Gasteiger partial charge in [0.15, 0.2) is 0 Å². The molecular weight excluding hydrogens is 216 g/mol. The van der Waals surface area contributed by atoms with Gasteiger partial charge < -0.3 is 14.3 Å². The monoisotopic (exact) mass is 230 g/mol. The molecule has 1 atom stereocenters. The minimum Gasteiger partial charge on any atom is -0.449 e. The van der Waals surface area contributed by atoms with E-state index in [0.29, 0.717) is 18.3 Å². The van der Waals surface area contributed by atoms with Crippen molar-refractivity contribution in [3.05, 3.63) is 42.4 Å². The van der Waals surface area contributed by atoms with E-state index in [2.05, 4.69) is 17.2 Å². The summed E-state index contributed by atoms with van der Waals surface area (Å²) in [5.74, 6) is 1.13. The maximum atomic E-state index is 8.63. The molecule has 0 aliphatic heterocycles. The van der Waals surface area contributed by atoms with Crippen molar-refractivity contribution in [1.82, 2.24) is 14.9 Å². The number of hydrogen-bond donors (Lipinski definition) is 1. The Bertz CT molecular complexity index is 495. The zero-order chi connectivity index (χ0) is 12.1. The molecule has 5 heteroatoms. The van der Waals surface area contributed by atoms with Gasteiger partial charge in [-0.05, 0) is 19.1 Å². The van der Waals surface area contributed by atoms with Crippen molar-refractivity contribution in [1.29, 1.82) is 5.26 Å². The Morgan fingerprint density at radius 2 is 2.47 bits per heavy atom. The van der Waals surface area contributed by atoms with E-state index in [9.17, 15) is 0 Å². The fraction of sp³-hybridized carbons (Fsp3) is 0.333. The second-order valence-electron chi connectivity index (χ2n) is 3.92. The SMILES string of the molecule is CC(Cn1ccnc1)NCc1ccc(C#N)o1. The first-order valence-corrected chi connectivity index (χ1v) is 5.46. The van der Waals surface area contributed by atoms with Gasteiger partial charge in [-0.25, -0.2) is 4.98 Å². The second-order valence-corrected chi connectivity index (χ2v) is 3.92. The number of nitrogens with one attached hydrogen (secondary N) is 1. The van der Waals surface area contributed by atoms with Crippen LogP contribution in [0.5, 0.6) is 0 Å². The third-order valence-electron chi connectivity index (χ3n) is 2.44. The Balaban J connectivity index is 1.80. The van der Waals surface area contributed by atoms with Crippen molar-refractivity contribution in [2.75, 3.05) is 0 Å². The lowest BCUT2D eigenvalue weighted by Gasteiger charge is -2.13. The summed E-state index contributed by atoms with van der Waals surface area (Å²) in [6.07, 6.45) is 5.48. The summed E-state index contributed by atoms with van der Waals surface area (Å²) >= 11 is 0. The van der Waals surface area contributed by atoms with E-state index in [1.807, 2.05) is 22.9 Å². The summed E-state index contributed by atoms with van der Waals surface area (Å²) in [5.41, 5.74) is 0. The topological polar surface area (TPSA) is 66.8 Å². The summed E-state index contributed by atoms with van der Waals surface area (Å²) in [6, 6.07) is 5.76. The number of nitrogens with zero attached hydrogens (tertiary/aromatic N) is 3. The Kier molecular flexibility index (Phi) is 3.58. The largest absolute Gasteiger partial charge is 0.449 e. The van der Waals surface area contributed by atoms with Gasteiger partial charge >= 0.3 is 0 Å². The van der Waals surface area contributed by atoms with Crippen molar-refractivity contribution in [3.63, 3.8) is 0 Å². The first-order chi connectivity index (χ1) is 8.28. The fourth-order valence-electron chi connectivity index (χ4n) is 1.58. The minimum absolute atomic E-state index is 0.305. The Morgan fingerprint density at radius 1 is 1.59 bits per heavy atom. The lowest BCUT2D eigenvalue weighted by molar-refractivity contribution is 0.424. The van der Waals surface area contributed by atoms with E-state index in [1.54, 1.807) is 18.6 Å². The van der Waals surface area contributed by atoms with Crippen molar-refractivity contribution in [3.8, 4) is 6.07 Å². The molecule has 1 unspecified atom stereocenters. The van der Waals surface area contributed by atoms with Crippen molar-refractivity contribution < 1.29 is 4.42 Å². The average Bonchev–Trinajstić information content (AvgIpc) is 2.96. The molecule has 0 aromatic carbocycles. The Hall–Kier alpha value is -2.06. The van der Waals surface area contributed by atoms with Crippen molar-refractivity contribution in [2.45, 2.75) is 26.1 Å². The molecule has 0 saturated heterocycles. The number of aromatic nitrogens is 2. The minimum atomic E-state index is 0.305. The Morgan fingerprint density at radius 3 is 3.12 bits per heavy atom. The molecule has 0 spiro atoms. The molecule has 2 rings (SSSR count). The molecule has 1 N–H and O–H groups in total. The molecule has 0 bridgehead atoms. The van der Waals surface area contributed by atoms with Crippen LogP contribution in [0.2, 0.25) is 0 Å². The number of furan rings is 1. The second kappa shape index (κ2) is 5.32. The van der Waals surface area contributed by atoms with E-state index in [1.165, 1.54) is 0 Å². The molecule has 0 aliphatic rings. The third-order valence-corrected chi connectivity index (χ3v) is 2.44. The zero-order valence-electron chi connectivity index (χ0n) is 9.63. The summed E-state index contributed by atoms with van der Waals surface area (Å²) in [7, 11) is 0. The first kappa shape index (κ1) is 11.4. The van der Waals surface area contributed by atoms with Crippen molar-refractivity contribution >= 4 is 0 Å². The molecule has 5 nitrogen and oxygen atoms in total. The molecule has 0 fully saturated rings. The van der Waals surface area contributed by atoms with Gasteiger partial charge in [0.05, 0.1) is 12.9 Å². The maximum Gasteiger partial charge on any atom is 0.203 e. The lowest BCUT2D eigenvalue weighted by Crippen LogP contribution is -2.29. The van der Waals surface area contributed by atoms with Gasteiger partial charge in [0.25, 0.3) is 0 Å². The van der Waals surface area contributed by atoms with Crippen molar-refractivity contribution in [2.24, 2.45) is 0 Å². The van der Waals surface area contributed by atoms with E-state index in [-0.39, 0.29) is 0 Å². The van der Waals surface area contributed by atoms with Crippen LogP contribution in [0.25, 0.3) is 0 Å². The summed E-state index contributed by atoms with van der Waals surface area (Å²) in [6.45, 7) is 3.57. The van der Waals surface area contributed by atoms with Gasteiger partial charge in [-0.2, -0.15) is 5.26 Å². The lowest BCUT2D eigenvalue weighted by atomic mass is 10.3. The normalized spacial score (nSPS) is 12.2. The summed E-state index contributed by atoms with van der Waals surface area (Å²) in [4.78, 5) is 3.99. The average molecular weight is 230 g/mol. The summed E-state index contributed by atoms with van der Waals surface area (Å²) in [5, 5.41) is 11.9. The number of nitriles is 1. The quantitative estimate of drug-likeness (QED) is 0.845. The molecule has 0 radical (unpaired) electrons. The van der Waals surface area contributed by atoms with Gasteiger partial charge in [0, 0.05) is 25.0 Å². The smallest absolute Gasteiger partial charge is 0.203 e. The molecule has 2 heterocycles. The third kappa shape index (κ3) is 3.20. The molecule has 2 aromatic heterocycles. The van der Waals surface area contributed by atoms with Gasteiger partial charge in [-0.15, -0.1) is 0 Å². The molecular formula is C12H14N4O. The molecule has 0 saturated carbocycles. The molecule has 17 heavy (non-hydrogen) atoms. The van der Waals surface area contributed by atoms with Crippen LogP contribution in [-0.2, 0) is 13.1 Å². The van der Waals surface area contributed by atoms with Gasteiger partial charge in [0.2, 0.25) is 5.76 Å². The predicted octanol–water partition coefficient (Wildman–Crippen LogP) is 1.53. The van der Waals surface area contributed by atoms with Crippen LogP contribution in [0.3, 0.4) is 0 Å². The highest BCUT2D eigenvalue weighted by Gasteiger charge is 2.05. The highest BCUT2D eigenvalue weighted by atomic mass is 16.3. The van der Waals surface area contributed by atoms with Crippen LogP contribution in [-0.4, -0.2) is 15.6 Å². The number of hydrogen-bond acceptors (Lipinski definition) is 4. The van der Waals surface area contributed by atoms with Gasteiger partial charge in [0.1, 0.15) is 11.8 Å². The number of imidazole rings is 1. The van der Waals surface area contributed by atoms with Crippen LogP contribution < -0.4 is 5.32 Å². The standard InChI is InChI=1S/C12H14N4O/c1-10(8-16-5-4-14-9-16)15-7-12-3-2-11(6-13)17-12/h2-5,9-10,15H,7-8H2,1H3. The van der Waals surface area contributed by atoms with Crippen LogP contribution in [0.4, 0.5) is 0 Å². The van der Waals surface area contributed by atoms with E-state index < -0.39 is 0 Å². The van der Waals surface area contributed by atoms with E-state index >= 15 is 0 Å². The van der Waals surface area contributed by atoms with Gasteiger partial charge in [-0.3, -0.25) is 0 Å².